The van der Waals surface area contributed by atoms with Gasteiger partial charge in [0.25, 0.3) is 0 Å². The number of anilines is 1. The minimum absolute atomic E-state index is 0.0964. The number of hydrogen-bond donors (Lipinski definition) is 2. The number of benzene rings is 1. The van der Waals surface area contributed by atoms with Crippen LogP contribution in [0.3, 0.4) is 0 Å². The molecule has 0 spiro atoms. The summed E-state index contributed by atoms with van der Waals surface area (Å²) in [6.45, 7) is 3.40. The van der Waals surface area contributed by atoms with E-state index in [1.807, 2.05) is 48.1 Å². The van der Waals surface area contributed by atoms with Gasteiger partial charge in [-0.2, -0.15) is 5.10 Å². The second-order valence-corrected chi connectivity index (χ2v) is 8.64. The van der Waals surface area contributed by atoms with Gasteiger partial charge in [-0.15, -0.1) is 0 Å². The summed E-state index contributed by atoms with van der Waals surface area (Å²) < 4.78 is 4.20. The second kappa shape index (κ2) is 6.92. The third-order valence-corrected chi connectivity index (χ3v) is 6.92. The number of aromatic nitrogens is 6. The number of rotatable bonds is 2. The number of H-pyrrole nitrogens is 1. The molecular weight excluding hydrogens is 474 g/mol. The molecule has 0 saturated heterocycles. The van der Waals surface area contributed by atoms with Gasteiger partial charge in [0.05, 0.1) is 28.4 Å². The summed E-state index contributed by atoms with van der Waals surface area (Å²) in [4.78, 5) is 26.0. The van der Waals surface area contributed by atoms with E-state index in [9.17, 15) is 9.90 Å². The fourth-order valence-electron chi connectivity index (χ4n) is 4.28. The summed E-state index contributed by atoms with van der Waals surface area (Å²) in [5, 5.41) is 15.7. The van der Waals surface area contributed by atoms with Crippen molar-refractivity contribution in [2.45, 2.75) is 20.0 Å². The smallest absolute Gasteiger partial charge is 0.328 e. The van der Waals surface area contributed by atoms with Gasteiger partial charge in [0, 0.05) is 35.8 Å². The number of imidazole rings is 1. The van der Waals surface area contributed by atoms with E-state index in [0.29, 0.717) is 25.3 Å². The van der Waals surface area contributed by atoms with Crippen LogP contribution in [0.5, 0.6) is 5.88 Å². The van der Waals surface area contributed by atoms with Crippen molar-refractivity contribution in [3.63, 3.8) is 0 Å². The number of nitrogens with one attached hydrogen (secondary N) is 1. The van der Waals surface area contributed by atoms with Gasteiger partial charge in [-0.25, -0.2) is 14.3 Å². The first-order valence-electron chi connectivity index (χ1n) is 10.2. The lowest BCUT2D eigenvalue weighted by atomic mass is 10.1. The molecule has 0 atom stereocenters. The van der Waals surface area contributed by atoms with Crippen molar-refractivity contribution >= 4 is 38.3 Å². The van der Waals surface area contributed by atoms with Gasteiger partial charge in [-0.05, 0) is 35.0 Å². The number of halogens is 1. The fourth-order valence-corrected chi connectivity index (χ4v) is 4.79. The van der Waals surface area contributed by atoms with Gasteiger partial charge in [-0.3, -0.25) is 14.5 Å². The molecule has 5 aromatic rings. The lowest BCUT2D eigenvalue weighted by molar-refractivity contribution is 0.439. The van der Waals surface area contributed by atoms with Crippen LogP contribution in [0, 0.1) is 6.92 Å². The Kier molecular flexibility index (Phi) is 4.12. The highest BCUT2D eigenvalue weighted by molar-refractivity contribution is 9.10. The molecule has 0 radical (unpaired) electrons. The van der Waals surface area contributed by atoms with Gasteiger partial charge in [0.15, 0.2) is 5.65 Å². The topological polar surface area (TPSA) is 104 Å². The van der Waals surface area contributed by atoms with E-state index in [2.05, 4.69) is 42.0 Å². The van der Waals surface area contributed by atoms with Crippen LogP contribution in [0.2, 0.25) is 0 Å². The van der Waals surface area contributed by atoms with Crippen LogP contribution in [0.1, 0.15) is 11.4 Å². The third kappa shape index (κ3) is 2.76. The maximum atomic E-state index is 12.0. The molecular formula is C22H18BrN7O2. The molecule has 1 aliphatic heterocycles. The predicted molar refractivity (Wildman–Crippen MR) is 124 cm³/mol. The Labute approximate surface area is 190 Å². The zero-order valence-corrected chi connectivity index (χ0v) is 18.7. The first-order valence-corrected chi connectivity index (χ1v) is 10.9. The average molecular weight is 492 g/mol. The molecule has 0 unspecified atom stereocenters. The highest BCUT2D eigenvalue weighted by Crippen LogP contribution is 2.34. The number of para-hydroxylation sites is 1. The molecule has 5 heterocycles. The first kappa shape index (κ1) is 19.1. The van der Waals surface area contributed by atoms with Crippen LogP contribution in [-0.2, 0) is 13.1 Å². The summed E-state index contributed by atoms with van der Waals surface area (Å²) in [7, 11) is 0. The first-order chi connectivity index (χ1) is 15.5. The van der Waals surface area contributed by atoms with E-state index in [-0.39, 0.29) is 11.6 Å². The average Bonchev–Trinajstić information content (AvgIpc) is 3.36. The lowest BCUT2D eigenvalue weighted by Crippen LogP contribution is -2.37. The van der Waals surface area contributed by atoms with E-state index in [0.717, 1.165) is 43.7 Å². The molecule has 4 aromatic heterocycles. The molecule has 160 valence electrons. The fraction of sp³-hybridized carbons (Fsp3) is 0.182. The molecule has 2 N–H and O–H groups in total. The normalized spacial score (nSPS) is 13.8. The Morgan fingerprint density at radius 3 is 2.91 bits per heavy atom. The summed E-state index contributed by atoms with van der Waals surface area (Å²) >= 11 is 3.68. The summed E-state index contributed by atoms with van der Waals surface area (Å²) in [5.74, 6) is 0.644. The van der Waals surface area contributed by atoms with E-state index < -0.39 is 0 Å². The monoisotopic (exact) mass is 491 g/mol. The van der Waals surface area contributed by atoms with Gasteiger partial charge in [0.1, 0.15) is 11.5 Å². The van der Waals surface area contributed by atoms with Crippen LogP contribution in [0.25, 0.3) is 27.7 Å². The van der Waals surface area contributed by atoms with Crippen molar-refractivity contribution in [2.24, 2.45) is 0 Å². The number of aromatic amines is 1. The Hall–Kier alpha value is -3.66. The molecule has 9 nitrogen and oxygen atoms in total. The Bertz CT molecular complexity index is 1580. The zero-order valence-electron chi connectivity index (χ0n) is 17.1. The second-order valence-electron chi connectivity index (χ2n) is 7.84. The maximum absolute atomic E-state index is 12.0. The molecule has 32 heavy (non-hydrogen) atoms. The number of aromatic hydroxyl groups is 1. The van der Waals surface area contributed by atoms with E-state index in [1.165, 1.54) is 0 Å². The van der Waals surface area contributed by atoms with Gasteiger partial charge in [-0.1, -0.05) is 18.2 Å². The number of nitrogens with zero attached hydrogens (tertiary/aromatic N) is 6. The molecule has 10 heteroatoms. The standard InChI is InChI=1S/C22H18BrN7O2/c1-12-18(23)20(28-6-7-29-17(11-28)21(31)27-22(29)32)26-19-15(10-25-30(12)19)14-8-13-4-2-3-5-16(13)24-9-14/h2-5,8-10,31H,6-7,11H2,1H3,(H,27,32). The van der Waals surface area contributed by atoms with Gasteiger partial charge < -0.3 is 10.0 Å². The minimum Gasteiger partial charge on any atom is -0.493 e. The zero-order chi connectivity index (χ0) is 22.0. The van der Waals surface area contributed by atoms with Crippen molar-refractivity contribution in [3.05, 3.63) is 69.1 Å². The van der Waals surface area contributed by atoms with E-state index in [1.54, 1.807) is 4.57 Å². The molecule has 1 aliphatic rings. The SMILES string of the molecule is Cc1c(Br)c(N2CCn3c(c(O)[nH]c3=O)C2)nc2c(-c3cnc4ccccc4c3)cnn12. The summed E-state index contributed by atoms with van der Waals surface area (Å²) in [5.41, 5.74) is 4.65. The molecule has 0 saturated carbocycles. The van der Waals surface area contributed by atoms with Crippen LogP contribution >= 0.6 is 15.9 Å². The Morgan fingerprint density at radius 2 is 2.03 bits per heavy atom. The van der Waals surface area contributed by atoms with Crippen LogP contribution in [0.4, 0.5) is 5.82 Å². The van der Waals surface area contributed by atoms with Crippen LogP contribution in [-0.4, -0.2) is 40.8 Å². The van der Waals surface area contributed by atoms with Gasteiger partial charge in [0.2, 0.25) is 5.88 Å². The summed E-state index contributed by atoms with van der Waals surface area (Å²) in [6.07, 6.45) is 3.65. The van der Waals surface area contributed by atoms with Crippen molar-refractivity contribution in [2.75, 3.05) is 11.4 Å². The lowest BCUT2D eigenvalue weighted by Gasteiger charge is -2.30. The molecule has 0 aliphatic carbocycles. The summed E-state index contributed by atoms with van der Waals surface area (Å²) in [6, 6.07) is 10.1. The van der Waals surface area contributed by atoms with Crippen molar-refractivity contribution in [3.8, 4) is 17.0 Å². The Balaban J connectivity index is 1.49. The van der Waals surface area contributed by atoms with Crippen LogP contribution in [0.15, 0.2) is 52.0 Å². The molecule has 0 amide bonds. The highest BCUT2D eigenvalue weighted by atomic mass is 79.9. The van der Waals surface area contributed by atoms with E-state index >= 15 is 0 Å². The molecule has 0 bridgehead atoms. The quantitative estimate of drug-likeness (QED) is 0.392. The maximum Gasteiger partial charge on any atom is 0.328 e. The predicted octanol–water partition coefficient (Wildman–Crippen LogP) is 3.23. The number of hydrogen-bond acceptors (Lipinski definition) is 6. The molecule has 6 rings (SSSR count). The van der Waals surface area contributed by atoms with Crippen molar-refractivity contribution in [1.82, 2.24) is 29.1 Å². The third-order valence-electron chi connectivity index (χ3n) is 5.99. The number of pyridine rings is 1. The number of fused-ring (bicyclic) bond motifs is 3. The molecule has 0 fully saturated rings. The minimum atomic E-state index is -0.294. The highest BCUT2D eigenvalue weighted by Gasteiger charge is 2.26. The van der Waals surface area contributed by atoms with Crippen LogP contribution < -0.4 is 10.6 Å². The Morgan fingerprint density at radius 1 is 1.19 bits per heavy atom. The van der Waals surface area contributed by atoms with E-state index in [4.69, 9.17) is 4.98 Å². The van der Waals surface area contributed by atoms with Crippen molar-refractivity contribution in [1.29, 1.82) is 0 Å². The van der Waals surface area contributed by atoms with Crippen molar-refractivity contribution < 1.29 is 5.11 Å². The number of aryl methyl sites for hydroxylation is 1. The largest absolute Gasteiger partial charge is 0.493 e. The van der Waals surface area contributed by atoms with Gasteiger partial charge >= 0.3 is 5.69 Å². The molecule has 1 aromatic carbocycles.